The Hall–Kier alpha value is -3.46. The zero-order valence-corrected chi connectivity index (χ0v) is 23.8. The van der Waals surface area contributed by atoms with E-state index >= 15 is 0 Å². The van der Waals surface area contributed by atoms with Gasteiger partial charge in [0.1, 0.15) is 0 Å². The molecule has 0 saturated carbocycles. The number of carbonyl (C=O) groups is 2. The van der Waals surface area contributed by atoms with E-state index in [9.17, 15) is 9.59 Å². The Balaban J connectivity index is 1.25. The Labute approximate surface area is 239 Å². The highest BCUT2D eigenvalue weighted by Crippen LogP contribution is 2.39. The van der Waals surface area contributed by atoms with Crippen LogP contribution < -0.4 is 20.0 Å². The molecule has 1 saturated heterocycles. The summed E-state index contributed by atoms with van der Waals surface area (Å²) >= 11 is 12.8. The quantitative estimate of drug-likeness (QED) is 0.453. The number of anilines is 5. The van der Waals surface area contributed by atoms with Gasteiger partial charge in [0.15, 0.2) is 0 Å². The standard InChI is InChI=1S/C29H32Cl2N6O2/c1-33(2)18-27(38)36-15-13-35(14-16-36)22-10-7-20(8-11-22)32-21-9-12-23-26(17-21)34(3)19-37(29(23)39)28-24(30)5-4-6-25(28)31/h4-12,17,32H,13-16,18-19H2,1-3H3. The van der Waals surface area contributed by atoms with Crippen LogP contribution in [0.4, 0.5) is 28.4 Å². The average Bonchev–Trinajstić information content (AvgIpc) is 2.91. The monoisotopic (exact) mass is 566 g/mol. The topological polar surface area (TPSA) is 62.4 Å². The van der Waals surface area contributed by atoms with Gasteiger partial charge in [-0.15, -0.1) is 0 Å². The van der Waals surface area contributed by atoms with Gasteiger partial charge in [-0.05, 0) is 68.7 Å². The Morgan fingerprint density at radius 3 is 2.21 bits per heavy atom. The fourth-order valence-electron chi connectivity index (χ4n) is 5.03. The molecule has 0 radical (unpaired) electrons. The van der Waals surface area contributed by atoms with Gasteiger partial charge in [-0.1, -0.05) is 29.3 Å². The molecule has 0 spiro atoms. The van der Waals surface area contributed by atoms with Gasteiger partial charge in [-0.2, -0.15) is 0 Å². The van der Waals surface area contributed by atoms with Crippen molar-refractivity contribution in [2.75, 3.05) is 80.6 Å². The van der Waals surface area contributed by atoms with Crippen LogP contribution in [0, 0.1) is 0 Å². The summed E-state index contributed by atoms with van der Waals surface area (Å²) in [6, 6.07) is 19.2. The van der Waals surface area contributed by atoms with E-state index in [1.54, 1.807) is 23.1 Å². The van der Waals surface area contributed by atoms with Crippen molar-refractivity contribution in [1.82, 2.24) is 9.80 Å². The number of nitrogens with zero attached hydrogens (tertiary/aromatic N) is 5. The molecule has 2 aliphatic rings. The summed E-state index contributed by atoms with van der Waals surface area (Å²) < 4.78 is 0. The molecule has 0 atom stereocenters. The number of benzene rings is 3. The van der Waals surface area contributed by atoms with E-state index in [0.29, 0.717) is 34.5 Å². The first-order valence-electron chi connectivity index (χ1n) is 12.9. The fraction of sp³-hybridized carbons (Fsp3) is 0.310. The summed E-state index contributed by atoms with van der Waals surface area (Å²) in [5.74, 6) is 0.0366. The van der Waals surface area contributed by atoms with Crippen molar-refractivity contribution >= 4 is 63.5 Å². The minimum atomic E-state index is -0.141. The Morgan fingerprint density at radius 1 is 0.923 bits per heavy atom. The predicted octanol–water partition coefficient (Wildman–Crippen LogP) is 5.00. The average molecular weight is 568 g/mol. The van der Waals surface area contributed by atoms with E-state index in [-0.39, 0.29) is 11.8 Å². The number of amides is 2. The summed E-state index contributed by atoms with van der Waals surface area (Å²) in [6.45, 7) is 3.87. The van der Waals surface area contributed by atoms with Gasteiger partial charge >= 0.3 is 0 Å². The number of hydrogen-bond donors (Lipinski definition) is 1. The summed E-state index contributed by atoms with van der Waals surface area (Å²) in [5.41, 5.74) is 4.92. The van der Waals surface area contributed by atoms with E-state index in [0.717, 1.165) is 48.9 Å². The van der Waals surface area contributed by atoms with E-state index in [4.69, 9.17) is 23.2 Å². The fourth-order valence-corrected chi connectivity index (χ4v) is 5.63. The number of fused-ring (bicyclic) bond motifs is 1. The Kier molecular flexibility index (Phi) is 7.88. The lowest BCUT2D eigenvalue weighted by molar-refractivity contribution is -0.132. The molecule has 1 N–H and O–H groups in total. The van der Waals surface area contributed by atoms with Crippen LogP contribution in [0.5, 0.6) is 0 Å². The molecule has 3 aromatic rings. The molecule has 2 aliphatic heterocycles. The van der Waals surface area contributed by atoms with Gasteiger partial charge in [0.2, 0.25) is 5.91 Å². The van der Waals surface area contributed by atoms with Crippen molar-refractivity contribution in [1.29, 1.82) is 0 Å². The molecule has 0 aromatic heterocycles. The van der Waals surface area contributed by atoms with E-state index < -0.39 is 0 Å². The van der Waals surface area contributed by atoms with Crippen molar-refractivity contribution in [3.63, 3.8) is 0 Å². The lowest BCUT2D eigenvalue weighted by atomic mass is 10.1. The molecular formula is C29H32Cl2N6O2. The summed E-state index contributed by atoms with van der Waals surface area (Å²) in [7, 11) is 5.77. The van der Waals surface area contributed by atoms with Gasteiger partial charge in [0, 0.05) is 50.3 Å². The third kappa shape index (κ3) is 5.78. The second-order valence-corrected chi connectivity index (χ2v) is 11.0. The maximum Gasteiger partial charge on any atom is 0.261 e. The second-order valence-electron chi connectivity index (χ2n) is 10.2. The van der Waals surface area contributed by atoms with Crippen molar-refractivity contribution in [3.05, 3.63) is 76.3 Å². The summed E-state index contributed by atoms with van der Waals surface area (Å²) in [6.07, 6.45) is 0. The number of carbonyl (C=O) groups excluding carboxylic acids is 2. The zero-order chi connectivity index (χ0) is 27.7. The first-order chi connectivity index (χ1) is 18.7. The first kappa shape index (κ1) is 27.1. The van der Waals surface area contributed by atoms with Gasteiger partial charge in [-0.25, -0.2) is 0 Å². The van der Waals surface area contributed by atoms with Crippen molar-refractivity contribution in [3.8, 4) is 0 Å². The van der Waals surface area contributed by atoms with Crippen LogP contribution in [0.3, 0.4) is 0 Å². The van der Waals surface area contributed by atoms with Crippen molar-refractivity contribution in [2.45, 2.75) is 0 Å². The van der Waals surface area contributed by atoms with Gasteiger partial charge < -0.3 is 24.9 Å². The van der Waals surface area contributed by atoms with E-state index in [1.807, 2.05) is 66.2 Å². The first-order valence-corrected chi connectivity index (χ1v) is 13.6. The molecule has 8 nitrogen and oxygen atoms in total. The highest BCUT2D eigenvalue weighted by atomic mass is 35.5. The minimum Gasteiger partial charge on any atom is -0.368 e. The molecule has 39 heavy (non-hydrogen) atoms. The minimum absolute atomic E-state index is 0.141. The third-order valence-corrected chi connectivity index (χ3v) is 7.66. The van der Waals surface area contributed by atoms with Gasteiger partial charge in [0.05, 0.1) is 40.2 Å². The Bertz CT molecular complexity index is 1350. The molecule has 5 rings (SSSR count). The number of piperazine rings is 1. The maximum atomic E-state index is 13.4. The third-order valence-electron chi connectivity index (χ3n) is 7.05. The van der Waals surface area contributed by atoms with Gasteiger partial charge in [-0.3, -0.25) is 14.5 Å². The normalized spacial score (nSPS) is 15.6. The number of nitrogens with one attached hydrogen (secondary N) is 1. The van der Waals surface area contributed by atoms with Gasteiger partial charge in [0.25, 0.3) is 5.91 Å². The molecule has 2 amide bonds. The molecule has 0 bridgehead atoms. The highest BCUT2D eigenvalue weighted by molar-refractivity contribution is 6.40. The number of para-hydroxylation sites is 1. The number of hydrogen-bond acceptors (Lipinski definition) is 6. The zero-order valence-electron chi connectivity index (χ0n) is 22.3. The Morgan fingerprint density at radius 2 is 1.56 bits per heavy atom. The summed E-state index contributed by atoms with van der Waals surface area (Å²) in [5, 5.41) is 4.33. The molecule has 0 unspecified atom stereocenters. The van der Waals surface area contributed by atoms with E-state index in [1.165, 1.54) is 0 Å². The number of rotatable bonds is 6. The van der Waals surface area contributed by atoms with Crippen LogP contribution in [0.2, 0.25) is 10.0 Å². The molecule has 3 aromatic carbocycles. The smallest absolute Gasteiger partial charge is 0.261 e. The predicted molar refractivity (Wildman–Crippen MR) is 160 cm³/mol. The molecule has 10 heteroatoms. The van der Waals surface area contributed by atoms with Crippen LogP contribution in [0.25, 0.3) is 0 Å². The second kappa shape index (κ2) is 11.3. The van der Waals surface area contributed by atoms with Crippen molar-refractivity contribution < 1.29 is 9.59 Å². The largest absolute Gasteiger partial charge is 0.368 e. The summed E-state index contributed by atoms with van der Waals surface area (Å²) in [4.78, 5) is 35.5. The molecule has 1 fully saturated rings. The van der Waals surface area contributed by atoms with Crippen LogP contribution in [-0.4, -0.2) is 82.1 Å². The van der Waals surface area contributed by atoms with Crippen LogP contribution in [0.15, 0.2) is 60.7 Å². The highest BCUT2D eigenvalue weighted by Gasteiger charge is 2.31. The van der Waals surface area contributed by atoms with Crippen molar-refractivity contribution in [2.24, 2.45) is 0 Å². The number of likely N-dealkylation sites (N-methyl/N-ethyl adjacent to an activating group) is 1. The van der Waals surface area contributed by atoms with Crippen LogP contribution in [0.1, 0.15) is 10.4 Å². The SMILES string of the molecule is CN(C)CC(=O)N1CCN(c2ccc(Nc3ccc4c(c3)N(C)CN(c3c(Cl)cccc3Cl)C4=O)cc2)CC1. The maximum absolute atomic E-state index is 13.4. The van der Waals surface area contributed by atoms with Crippen LogP contribution >= 0.6 is 23.2 Å². The van der Waals surface area contributed by atoms with E-state index in [2.05, 4.69) is 22.3 Å². The molecule has 0 aliphatic carbocycles. The lowest BCUT2D eigenvalue weighted by Gasteiger charge is -2.37. The van der Waals surface area contributed by atoms with Crippen LogP contribution in [-0.2, 0) is 4.79 Å². The molecule has 204 valence electrons. The lowest BCUT2D eigenvalue weighted by Crippen LogP contribution is -2.50. The molecular weight excluding hydrogens is 535 g/mol. The number of halogens is 2. The molecule has 2 heterocycles.